The summed E-state index contributed by atoms with van der Waals surface area (Å²) in [5.41, 5.74) is 8.74. The van der Waals surface area contributed by atoms with Gasteiger partial charge in [0.25, 0.3) is 0 Å². The number of carbonyl (C=O) groups excluding carboxylic acids is 1. The Bertz CT molecular complexity index is 449. The van der Waals surface area contributed by atoms with Crippen molar-refractivity contribution in [3.05, 3.63) is 52.2 Å². The Labute approximate surface area is 97.6 Å². The summed E-state index contributed by atoms with van der Waals surface area (Å²) in [5, 5.41) is 5.81. The number of azide groups is 1. The quantitative estimate of drug-likeness (QED) is 0.274. The molecule has 0 spiro atoms. The Morgan fingerprint density at radius 3 is 2.82 bits per heavy atom. The molecule has 0 saturated carbocycles. The molecule has 0 heterocycles. The lowest BCUT2D eigenvalue weighted by molar-refractivity contribution is -0.116. The van der Waals surface area contributed by atoms with Gasteiger partial charge in [-0.25, -0.2) is 4.39 Å². The minimum atomic E-state index is -0.319. The predicted molar refractivity (Wildman–Crippen MR) is 62.5 cm³/mol. The fraction of sp³-hybridized carbons (Fsp3) is 0.182. The highest BCUT2D eigenvalue weighted by atomic mass is 19.1. The number of benzene rings is 1. The van der Waals surface area contributed by atoms with Gasteiger partial charge in [-0.15, -0.1) is 0 Å². The van der Waals surface area contributed by atoms with E-state index in [1.54, 1.807) is 18.2 Å². The van der Waals surface area contributed by atoms with Crippen LogP contribution in [0.25, 0.3) is 16.5 Å². The standard InChI is InChI=1S/C11H11FN4O/c12-10-4-1-9(2-5-10)3-6-11(17)14-7-8-15-16-13/h1-6H,7-8H2,(H,14,17)/b6-3+. The smallest absolute Gasteiger partial charge is 0.243 e. The third-order valence-corrected chi connectivity index (χ3v) is 1.87. The molecule has 0 atom stereocenters. The lowest BCUT2D eigenvalue weighted by Crippen LogP contribution is -2.23. The topological polar surface area (TPSA) is 77.9 Å². The van der Waals surface area contributed by atoms with Crippen molar-refractivity contribution in [2.24, 2.45) is 5.11 Å². The Morgan fingerprint density at radius 1 is 1.47 bits per heavy atom. The zero-order chi connectivity index (χ0) is 12.5. The molecule has 88 valence electrons. The molecule has 1 aromatic rings. The van der Waals surface area contributed by atoms with Gasteiger partial charge in [0.05, 0.1) is 0 Å². The van der Waals surface area contributed by atoms with Crippen LogP contribution in [0.1, 0.15) is 5.56 Å². The predicted octanol–water partition coefficient (Wildman–Crippen LogP) is 2.27. The van der Waals surface area contributed by atoms with Crippen molar-refractivity contribution < 1.29 is 9.18 Å². The van der Waals surface area contributed by atoms with Crippen molar-refractivity contribution >= 4 is 12.0 Å². The average molecular weight is 234 g/mol. The van der Waals surface area contributed by atoms with Crippen LogP contribution in [0.15, 0.2) is 35.5 Å². The highest BCUT2D eigenvalue weighted by molar-refractivity contribution is 5.91. The second-order valence-electron chi connectivity index (χ2n) is 3.13. The first-order valence-electron chi connectivity index (χ1n) is 4.94. The molecular weight excluding hydrogens is 223 g/mol. The van der Waals surface area contributed by atoms with Crippen LogP contribution in [0.5, 0.6) is 0 Å². The fourth-order valence-corrected chi connectivity index (χ4v) is 1.08. The molecule has 0 aliphatic carbocycles. The van der Waals surface area contributed by atoms with Crippen molar-refractivity contribution in [3.63, 3.8) is 0 Å². The van der Waals surface area contributed by atoms with E-state index in [0.29, 0.717) is 0 Å². The molecule has 17 heavy (non-hydrogen) atoms. The van der Waals surface area contributed by atoms with Crippen LogP contribution in [0, 0.1) is 5.82 Å². The lowest BCUT2D eigenvalue weighted by Gasteiger charge is -1.97. The minimum Gasteiger partial charge on any atom is -0.352 e. The summed E-state index contributed by atoms with van der Waals surface area (Å²) in [5.74, 6) is -0.608. The van der Waals surface area contributed by atoms with Crippen LogP contribution >= 0.6 is 0 Å². The van der Waals surface area contributed by atoms with E-state index < -0.39 is 0 Å². The monoisotopic (exact) mass is 234 g/mol. The van der Waals surface area contributed by atoms with E-state index in [0.717, 1.165) is 5.56 Å². The Balaban J connectivity index is 2.39. The normalized spacial score (nSPS) is 9.94. The summed E-state index contributed by atoms with van der Waals surface area (Å²) in [6.45, 7) is 0.503. The molecule has 0 unspecified atom stereocenters. The van der Waals surface area contributed by atoms with Gasteiger partial charge >= 0.3 is 0 Å². The second kappa shape index (κ2) is 7.03. The first-order valence-corrected chi connectivity index (χ1v) is 4.94. The molecule has 6 heteroatoms. The number of amides is 1. The highest BCUT2D eigenvalue weighted by Gasteiger charge is 1.94. The molecule has 0 fully saturated rings. The van der Waals surface area contributed by atoms with Gasteiger partial charge < -0.3 is 5.32 Å². The zero-order valence-corrected chi connectivity index (χ0v) is 9.01. The molecule has 0 saturated heterocycles. The van der Waals surface area contributed by atoms with E-state index in [2.05, 4.69) is 15.3 Å². The molecule has 1 amide bonds. The maximum absolute atomic E-state index is 12.6. The average Bonchev–Trinajstić information content (AvgIpc) is 2.34. The third kappa shape index (κ3) is 5.34. The van der Waals surface area contributed by atoms with Crippen molar-refractivity contribution in [1.82, 2.24) is 5.32 Å². The van der Waals surface area contributed by atoms with Gasteiger partial charge in [-0.2, -0.15) is 0 Å². The van der Waals surface area contributed by atoms with Crippen LogP contribution in [0.4, 0.5) is 4.39 Å². The Hall–Kier alpha value is -2.33. The number of halogens is 1. The number of hydrogen-bond donors (Lipinski definition) is 1. The van der Waals surface area contributed by atoms with Crippen molar-refractivity contribution in [2.45, 2.75) is 0 Å². The van der Waals surface area contributed by atoms with Crippen molar-refractivity contribution in [3.8, 4) is 0 Å². The van der Waals surface area contributed by atoms with Gasteiger partial charge in [-0.1, -0.05) is 17.2 Å². The van der Waals surface area contributed by atoms with E-state index in [1.165, 1.54) is 18.2 Å². The van der Waals surface area contributed by atoms with E-state index in [1.807, 2.05) is 0 Å². The first kappa shape index (κ1) is 12.7. The second-order valence-corrected chi connectivity index (χ2v) is 3.13. The Morgan fingerprint density at radius 2 is 2.18 bits per heavy atom. The zero-order valence-electron chi connectivity index (χ0n) is 9.01. The maximum Gasteiger partial charge on any atom is 0.243 e. The summed E-state index contributed by atoms with van der Waals surface area (Å²) in [4.78, 5) is 13.8. The van der Waals surface area contributed by atoms with Crippen LogP contribution in [0.2, 0.25) is 0 Å². The summed E-state index contributed by atoms with van der Waals surface area (Å²) < 4.78 is 12.6. The van der Waals surface area contributed by atoms with Gasteiger partial charge in [0.15, 0.2) is 0 Å². The van der Waals surface area contributed by atoms with Crippen LogP contribution in [0.3, 0.4) is 0 Å². The number of carbonyl (C=O) groups is 1. The van der Waals surface area contributed by atoms with Crippen LogP contribution in [-0.2, 0) is 4.79 Å². The molecule has 0 aromatic heterocycles. The van der Waals surface area contributed by atoms with Crippen LogP contribution < -0.4 is 5.32 Å². The highest BCUT2D eigenvalue weighted by Crippen LogP contribution is 2.04. The molecule has 1 aromatic carbocycles. The van der Waals surface area contributed by atoms with E-state index in [9.17, 15) is 9.18 Å². The minimum absolute atomic E-state index is 0.215. The lowest BCUT2D eigenvalue weighted by atomic mass is 10.2. The molecule has 5 nitrogen and oxygen atoms in total. The van der Waals surface area contributed by atoms with Crippen LogP contribution in [-0.4, -0.2) is 19.0 Å². The van der Waals surface area contributed by atoms with Gasteiger partial charge in [0.1, 0.15) is 5.82 Å². The third-order valence-electron chi connectivity index (χ3n) is 1.87. The number of rotatable bonds is 5. The van der Waals surface area contributed by atoms with Gasteiger partial charge in [-0.3, -0.25) is 4.79 Å². The van der Waals surface area contributed by atoms with Gasteiger partial charge in [0.2, 0.25) is 5.91 Å². The Kier molecular flexibility index (Phi) is 5.27. The van der Waals surface area contributed by atoms with E-state index in [4.69, 9.17) is 5.53 Å². The van der Waals surface area contributed by atoms with Gasteiger partial charge in [-0.05, 0) is 29.3 Å². The largest absolute Gasteiger partial charge is 0.352 e. The summed E-state index contributed by atoms with van der Waals surface area (Å²) in [7, 11) is 0. The molecule has 0 aliphatic heterocycles. The molecule has 0 aliphatic rings. The summed E-state index contributed by atoms with van der Waals surface area (Å²) in [6.07, 6.45) is 2.91. The SMILES string of the molecule is [N-]=[N+]=NCCNC(=O)/C=C/c1ccc(F)cc1. The van der Waals surface area contributed by atoms with Gasteiger partial charge in [0, 0.05) is 24.1 Å². The van der Waals surface area contributed by atoms with Crippen molar-refractivity contribution in [1.29, 1.82) is 0 Å². The summed E-state index contributed by atoms with van der Waals surface area (Å²) in [6, 6.07) is 5.77. The molecule has 0 radical (unpaired) electrons. The number of hydrogen-bond acceptors (Lipinski definition) is 2. The summed E-state index contributed by atoms with van der Waals surface area (Å²) >= 11 is 0. The molecule has 0 bridgehead atoms. The maximum atomic E-state index is 12.6. The molecule has 1 rings (SSSR count). The number of nitrogens with zero attached hydrogens (tertiary/aromatic N) is 3. The van der Waals surface area contributed by atoms with Crippen molar-refractivity contribution in [2.75, 3.05) is 13.1 Å². The fourth-order valence-electron chi connectivity index (χ4n) is 1.08. The molecular formula is C11H11FN4O. The molecule has 1 N–H and O–H groups in total. The number of nitrogens with one attached hydrogen (secondary N) is 1. The first-order chi connectivity index (χ1) is 8.22. The van der Waals surface area contributed by atoms with E-state index in [-0.39, 0.29) is 24.8 Å². The van der Waals surface area contributed by atoms with E-state index >= 15 is 0 Å².